The first kappa shape index (κ1) is 21.0. The van der Waals surface area contributed by atoms with Crippen molar-refractivity contribution in [2.75, 3.05) is 0 Å². The fourth-order valence-corrected chi connectivity index (χ4v) is 8.44. The Hall–Kier alpha value is -0.300. The van der Waals surface area contributed by atoms with Crippen molar-refractivity contribution in [2.45, 2.75) is 98.5 Å². The fourth-order valence-electron chi connectivity index (χ4n) is 8.44. The largest absolute Gasteiger partial charge is 0.393 e. The molecule has 4 fully saturated rings. The molecule has 1 N–H and O–H groups in total. The van der Waals surface area contributed by atoms with Crippen LogP contribution in [0.2, 0.25) is 0 Å². The van der Waals surface area contributed by atoms with Gasteiger partial charge < -0.3 is 5.11 Å². The molecule has 0 bridgehead atoms. The molecular weight excluding hydrogens is 340 g/mol. The molecule has 1 nitrogen and oxygen atoms in total. The highest BCUT2D eigenvalue weighted by Gasteiger charge is 2.57. The van der Waals surface area contributed by atoms with Gasteiger partial charge in [-0.1, -0.05) is 46.8 Å². The second kappa shape index (κ2) is 8.09. The molecule has 0 radical (unpaired) electrons. The molecule has 28 heavy (non-hydrogen) atoms. The van der Waals surface area contributed by atoms with Gasteiger partial charge in [0.15, 0.2) is 0 Å². The van der Waals surface area contributed by atoms with Crippen molar-refractivity contribution >= 4 is 0 Å². The van der Waals surface area contributed by atoms with Crippen molar-refractivity contribution in [2.24, 2.45) is 58.7 Å². The molecule has 4 rings (SSSR count). The molecule has 0 aromatic rings. The van der Waals surface area contributed by atoms with Crippen LogP contribution in [-0.4, -0.2) is 11.2 Å². The average molecular weight is 387 g/mol. The Bertz CT molecular complexity index is 565. The Morgan fingerprint density at radius 3 is 2.32 bits per heavy atom. The van der Waals surface area contributed by atoms with Crippen LogP contribution in [0.1, 0.15) is 92.4 Å². The van der Waals surface area contributed by atoms with Crippen molar-refractivity contribution in [1.29, 1.82) is 0 Å². The van der Waals surface area contributed by atoms with E-state index < -0.39 is 0 Å². The molecule has 0 amide bonds. The van der Waals surface area contributed by atoms with Crippen molar-refractivity contribution in [1.82, 2.24) is 0 Å². The van der Waals surface area contributed by atoms with Crippen LogP contribution in [0.25, 0.3) is 0 Å². The third-order valence-electron chi connectivity index (χ3n) is 10.4. The zero-order valence-electron chi connectivity index (χ0n) is 19.2. The molecule has 4 aliphatic carbocycles. The van der Waals surface area contributed by atoms with Crippen LogP contribution in [0.3, 0.4) is 0 Å². The lowest BCUT2D eigenvalue weighted by atomic mass is 9.49. The van der Waals surface area contributed by atoms with E-state index in [9.17, 15) is 5.11 Å². The lowest BCUT2D eigenvalue weighted by molar-refractivity contribution is -0.0800. The van der Waals surface area contributed by atoms with Gasteiger partial charge in [0, 0.05) is 0 Å². The first-order valence-corrected chi connectivity index (χ1v) is 12.7. The molecule has 160 valence electrons. The zero-order valence-corrected chi connectivity index (χ0v) is 19.2. The zero-order chi connectivity index (χ0) is 20.1. The molecular formula is C27H46O. The van der Waals surface area contributed by atoms with Crippen LogP contribution in [0.5, 0.6) is 0 Å². The van der Waals surface area contributed by atoms with Crippen LogP contribution < -0.4 is 0 Å². The number of rotatable bonds is 4. The summed E-state index contributed by atoms with van der Waals surface area (Å²) in [6.45, 7) is 12.2. The lowest BCUT2D eigenvalue weighted by Crippen LogP contribution is -2.49. The molecule has 0 unspecified atom stereocenters. The van der Waals surface area contributed by atoms with Crippen molar-refractivity contribution in [3.05, 3.63) is 12.2 Å². The Balaban J connectivity index is 1.46. The first-order valence-electron chi connectivity index (χ1n) is 12.7. The Morgan fingerprint density at radius 2 is 1.57 bits per heavy atom. The van der Waals surface area contributed by atoms with E-state index in [0.717, 1.165) is 60.2 Å². The minimum Gasteiger partial charge on any atom is -0.393 e. The summed E-state index contributed by atoms with van der Waals surface area (Å²) in [6, 6.07) is 0. The van der Waals surface area contributed by atoms with Gasteiger partial charge in [-0.3, -0.25) is 0 Å². The second-order valence-electron chi connectivity index (χ2n) is 12.0. The molecule has 10 atom stereocenters. The van der Waals surface area contributed by atoms with Gasteiger partial charge in [0.1, 0.15) is 0 Å². The van der Waals surface area contributed by atoms with Gasteiger partial charge in [0.05, 0.1) is 6.10 Å². The number of fused-ring (bicyclic) bond motifs is 5. The molecule has 0 heterocycles. The van der Waals surface area contributed by atoms with Crippen LogP contribution in [0.4, 0.5) is 0 Å². The van der Waals surface area contributed by atoms with E-state index in [-0.39, 0.29) is 6.10 Å². The van der Waals surface area contributed by atoms with Gasteiger partial charge in [-0.25, -0.2) is 0 Å². The summed E-state index contributed by atoms with van der Waals surface area (Å²) < 4.78 is 0. The number of allylic oxidation sites excluding steroid dienone is 2. The summed E-state index contributed by atoms with van der Waals surface area (Å²) in [6.07, 6.45) is 17.3. The van der Waals surface area contributed by atoms with Gasteiger partial charge in [-0.15, -0.1) is 0 Å². The molecule has 0 spiro atoms. The summed E-state index contributed by atoms with van der Waals surface area (Å²) in [5, 5.41) is 10.1. The van der Waals surface area contributed by atoms with E-state index >= 15 is 0 Å². The first-order chi connectivity index (χ1) is 13.3. The van der Waals surface area contributed by atoms with E-state index in [1.165, 1.54) is 44.9 Å². The number of aliphatic hydroxyl groups excluding tert-OH is 1. The molecule has 4 aliphatic rings. The summed E-state index contributed by atoms with van der Waals surface area (Å²) in [4.78, 5) is 0. The van der Waals surface area contributed by atoms with E-state index in [2.05, 4.69) is 46.8 Å². The third kappa shape index (κ3) is 3.63. The van der Waals surface area contributed by atoms with Gasteiger partial charge in [0.2, 0.25) is 0 Å². The highest BCUT2D eigenvalue weighted by Crippen LogP contribution is 2.65. The molecule has 0 saturated heterocycles. The topological polar surface area (TPSA) is 20.2 Å². The molecule has 0 aliphatic heterocycles. The fraction of sp³-hybridized carbons (Fsp3) is 0.926. The summed E-state index contributed by atoms with van der Waals surface area (Å²) in [5.41, 5.74) is 0.576. The average Bonchev–Trinajstić information content (AvgIpc) is 3.02. The predicted octanol–water partition coefficient (Wildman–Crippen LogP) is 7.10. The molecule has 1 heteroatoms. The van der Waals surface area contributed by atoms with E-state index in [1.807, 2.05) is 0 Å². The smallest absolute Gasteiger partial charge is 0.0543 e. The van der Waals surface area contributed by atoms with Gasteiger partial charge >= 0.3 is 0 Å². The Kier molecular flexibility index (Phi) is 6.05. The number of aliphatic hydroxyl groups is 1. The van der Waals surface area contributed by atoms with Crippen molar-refractivity contribution in [3.63, 3.8) is 0 Å². The van der Waals surface area contributed by atoms with Gasteiger partial charge in [0.25, 0.3) is 0 Å². The van der Waals surface area contributed by atoms with Gasteiger partial charge in [-0.05, 0) is 116 Å². The Labute approximate surface area is 174 Å². The molecule has 0 aromatic heterocycles. The predicted molar refractivity (Wildman–Crippen MR) is 119 cm³/mol. The maximum Gasteiger partial charge on any atom is 0.0543 e. The molecule has 0 aromatic carbocycles. The summed E-state index contributed by atoms with van der Waals surface area (Å²) >= 11 is 0. The summed E-state index contributed by atoms with van der Waals surface area (Å²) in [7, 11) is 0. The quantitative estimate of drug-likeness (QED) is 0.511. The van der Waals surface area contributed by atoms with Crippen LogP contribution >= 0.6 is 0 Å². The normalized spacial score (nSPS) is 48.2. The minimum absolute atomic E-state index is 0.00313. The highest BCUT2D eigenvalue weighted by atomic mass is 16.3. The van der Waals surface area contributed by atoms with E-state index in [0.29, 0.717) is 11.3 Å². The van der Waals surface area contributed by atoms with E-state index in [4.69, 9.17) is 0 Å². The van der Waals surface area contributed by atoms with Crippen molar-refractivity contribution in [3.8, 4) is 0 Å². The monoisotopic (exact) mass is 386 g/mol. The third-order valence-corrected chi connectivity index (χ3v) is 10.4. The maximum absolute atomic E-state index is 10.1. The van der Waals surface area contributed by atoms with Crippen molar-refractivity contribution < 1.29 is 5.11 Å². The minimum atomic E-state index is 0.00313. The van der Waals surface area contributed by atoms with Gasteiger partial charge in [-0.2, -0.15) is 0 Å². The Morgan fingerprint density at radius 1 is 0.821 bits per heavy atom. The highest BCUT2D eigenvalue weighted by molar-refractivity contribution is 5.09. The molecule has 4 saturated carbocycles. The SMILES string of the molecule is CC(C)[C@H](C)/C=C/[C@@H](C)[C@H]1CC[C@@H]2[C@@H]3CC[C@H]4C[C@@H](O)CC[C@@H]4[C@@H]3CC[C@@]21C. The number of hydrogen-bond acceptors (Lipinski definition) is 1. The second-order valence-corrected chi connectivity index (χ2v) is 12.0. The van der Waals surface area contributed by atoms with Crippen LogP contribution in [0.15, 0.2) is 12.2 Å². The number of hydrogen-bond donors (Lipinski definition) is 1. The maximum atomic E-state index is 10.1. The van der Waals surface area contributed by atoms with E-state index in [1.54, 1.807) is 0 Å². The van der Waals surface area contributed by atoms with Crippen LogP contribution in [0, 0.1) is 58.7 Å². The van der Waals surface area contributed by atoms with Crippen LogP contribution in [-0.2, 0) is 0 Å². The summed E-state index contributed by atoms with van der Waals surface area (Å²) in [5.74, 6) is 7.79. The lowest BCUT2D eigenvalue weighted by Gasteiger charge is -2.56. The standard InChI is InChI=1S/C27H46O/c1-17(2)18(3)6-7-19(4)25-12-13-26-24-10-8-20-16-21(28)9-11-22(20)23(24)14-15-27(25,26)5/h6-7,17-26,28H,8-16H2,1-5H3/b7-6+/t18-,19-,20+,21+,22+,23+,24-,25-,26-,27-/m1/s1.